The van der Waals surface area contributed by atoms with Crippen LogP contribution in [0.3, 0.4) is 0 Å². The zero-order valence-electron chi connectivity index (χ0n) is 15.5. The average Bonchev–Trinajstić information content (AvgIpc) is 2.89. The number of amides is 1. The first kappa shape index (κ1) is 17.7. The smallest absolute Gasteiger partial charge is 0.271 e. The number of benzene rings is 2. The van der Waals surface area contributed by atoms with Gasteiger partial charge in [-0.1, -0.05) is 43.0 Å². The van der Waals surface area contributed by atoms with E-state index in [0.29, 0.717) is 12.4 Å². The van der Waals surface area contributed by atoms with Crippen LogP contribution in [0.5, 0.6) is 5.75 Å². The van der Waals surface area contributed by atoms with Crippen molar-refractivity contribution in [3.8, 4) is 5.75 Å². The third-order valence-electron chi connectivity index (χ3n) is 4.63. The number of fused-ring (bicyclic) bond motifs is 2. The van der Waals surface area contributed by atoms with Crippen molar-refractivity contribution in [1.29, 1.82) is 0 Å². The van der Waals surface area contributed by atoms with E-state index in [-0.39, 0.29) is 0 Å². The van der Waals surface area contributed by atoms with Crippen LogP contribution in [0.15, 0.2) is 89.5 Å². The molecule has 2 aromatic carbocycles. The van der Waals surface area contributed by atoms with Gasteiger partial charge in [-0.25, -0.2) is 4.99 Å². The zero-order chi connectivity index (χ0) is 19.5. The third-order valence-corrected chi connectivity index (χ3v) is 4.63. The van der Waals surface area contributed by atoms with Gasteiger partial charge >= 0.3 is 0 Å². The molecule has 0 unspecified atom stereocenters. The lowest BCUT2D eigenvalue weighted by molar-refractivity contribution is -0.113. The van der Waals surface area contributed by atoms with Gasteiger partial charge in [-0.15, -0.1) is 0 Å². The molecule has 0 fully saturated rings. The lowest BCUT2D eigenvalue weighted by atomic mass is 10.0. The first-order valence-corrected chi connectivity index (χ1v) is 8.91. The number of rotatable bonds is 3. The number of carbonyl (C=O) groups is 1. The fourth-order valence-electron chi connectivity index (χ4n) is 3.18. The van der Waals surface area contributed by atoms with Gasteiger partial charge < -0.3 is 9.64 Å². The summed E-state index contributed by atoms with van der Waals surface area (Å²) >= 11 is 0. The molecule has 2 aliphatic rings. The molecule has 5 heteroatoms. The van der Waals surface area contributed by atoms with Gasteiger partial charge in [-0.2, -0.15) is 4.99 Å². The third kappa shape index (κ3) is 3.42. The minimum absolute atomic E-state index is 0.406. The fourth-order valence-corrected chi connectivity index (χ4v) is 3.18. The second-order valence-corrected chi connectivity index (χ2v) is 6.38. The number of nitrogens with zero attached hydrogens (tertiary/aromatic N) is 3. The van der Waals surface area contributed by atoms with Crippen molar-refractivity contribution in [2.45, 2.75) is 6.54 Å². The first-order chi connectivity index (χ1) is 13.7. The molecule has 138 valence electrons. The monoisotopic (exact) mass is 369 g/mol. The molecule has 4 rings (SSSR count). The van der Waals surface area contributed by atoms with Crippen molar-refractivity contribution >= 4 is 23.2 Å². The van der Waals surface area contributed by atoms with Crippen molar-refractivity contribution < 1.29 is 9.53 Å². The van der Waals surface area contributed by atoms with E-state index in [9.17, 15) is 4.79 Å². The molecule has 0 saturated heterocycles. The number of amidine groups is 2. The molecule has 0 radical (unpaired) electrons. The highest BCUT2D eigenvalue weighted by Gasteiger charge is 2.22. The quantitative estimate of drug-likeness (QED) is 0.769. The Bertz CT molecular complexity index is 1060. The molecule has 2 aliphatic heterocycles. The number of ether oxygens (including phenoxy) is 1. The van der Waals surface area contributed by atoms with Crippen molar-refractivity contribution in [3.05, 3.63) is 96.2 Å². The normalized spacial score (nSPS) is 16.5. The van der Waals surface area contributed by atoms with Gasteiger partial charge in [0.2, 0.25) is 0 Å². The summed E-state index contributed by atoms with van der Waals surface area (Å²) in [6.07, 6.45) is 7.21. The molecule has 0 N–H and O–H groups in total. The van der Waals surface area contributed by atoms with Gasteiger partial charge in [0.1, 0.15) is 11.6 Å². The number of hydrogen-bond acceptors (Lipinski definition) is 3. The Labute approximate surface area is 163 Å². The molecule has 2 aromatic rings. The molecule has 0 aliphatic carbocycles. The largest absolute Gasteiger partial charge is 0.497 e. The van der Waals surface area contributed by atoms with Crippen LogP contribution in [-0.4, -0.2) is 29.6 Å². The second kappa shape index (κ2) is 7.48. The van der Waals surface area contributed by atoms with Gasteiger partial charge in [0.05, 0.1) is 7.11 Å². The molecular weight excluding hydrogens is 350 g/mol. The highest BCUT2D eigenvalue weighted by molar-refractivity contribution is 6.16. The van der Waals surface area contributed by atoms with Crippen LogP contribution >= 0.6 is 0 Å². The van der Waals surface area contributed by atoms with Crippen molar-refractivity contribution in [1.82, 2.24) is 4.90 Å². The molecule has 0 atom stereocenters. The molecule has 0 spiro atoms. The highest BCUT2D eigenvalue weighted by Crippen LogP contribution is 2.27. The number of carbonyl (C=O) groups excluding carboxylic acids is 1. The predicted molar refractivity (Wildman–Crippen MR) is 111 cm³/mol. The Morgan fingerprint density at radius 1 is 1.18 bits per heavy atom. The lowest BCUT2D eigenvalue weighted by Crippen LogP contribution is -2.25. The Kier molecular flexibility index (Phi) is 4.72. The van der Waals surface area contributed by atoms with E-state index in [4.69, 9.17) is 4.74 Å². The summed E-state index contributed by atoms with van der Waals surface area (Å²) in [6.45, 7) is 4.13. The average molecular weight is 369 g/mol. The molecule has 28 heavy (non-hydrogen) atoms. The van der Waals surface area contributed by atoms with Crippen molar-refractivity contribution in [2.75, 3.05) is 7.11 Å². The summed E-state index contributed by atoms with van der Waals surface area (Å²) < 4.78 is 5.24. The molecular formula is C23H19N3O2. The Morgan fingerprint density at radius 2 is 1.96 bits per heavy atom. The Morgan fingerprint density at radius 3 is 2.71 bits per heavy atom. The molecule has 0 bridgehead atoms. The standard InChI is InChI=1S/C23H19N3O2/c1-3-22(27)25-23-20-7-5-4-6-18(20)15-26-14-17(10-13-21(26)24-23)16-8-11-19(28-2)12-9-16/h3-14H,1,15H2,2H3. The summed E-state index contributed by atoms with van der Waals surface area (Å²) in [5, 5.41) is 0. The molecule has 1 amide bonds. The number of hydrogen-bond donors (Lipinski definition) is 0. The molecule has 5 nitrogen and oxygen atoms in total. The summed E-state index contributed by atoms with van der Waals surface area (Å²) in [6, 6.07) is 15.8. The van der Waals surface area contributed by atoms with E-state index in [1.807, 2.05) is 60.7 Å². The van der Waals surface area contributed by atoms with Gasteiger partial charge in [-0.05, 0) is 47.1 Å². The predicted octanol–water partition coefficient (Wildman–Crippen LogP) is 3.98. The van der Waals surface area contributed by atoms with Crippen LogP contribution < -0.4 is 4.74 Å². The van der Waals surface area contributed by atoms with E-state index in [2.05, 4.69) is 27.7 Å². The molecule has 0 saturated carbocycles. The van der Waals surface area contributed by atoms with Crippen LogP contribution in [0.2, 0.25) is 0 Å². The lowest BCUT2D eigenvalue weighted by Gasteiger charge is -2.23. The van der Waals surface area contributed by atoms with E-state index >= 15 is 0 Å². The van der Waals surface area contributed by atoms with Crippen LogP contribution in [0, 0.1) is 0 Å². The number of aliphatic imine (C=N–C) groups is 2. The van der Waals surface area contributed by atoms with Gasteiger partial charge in [0, 0.05) is 18.3 Å². The molecule has 0 aromatic heterocycles. The fraction of sp³-hybridized carbons (Fsp3) is 0.0870. The van der Waals surface area contributed by atoms with Gasteiger partial charge in [0.25, 0.3) is 5.91 Å². The number of allylic oxidation sites excluding steroid dienone is 2. The maximum atomic E-state index is 11.8. The topological polar surface area (TPSA) is 54.3 Å². The summed E-state index contributed by atoms with van der Waals surface area (Å²) in [7, 11) is 1.66. The van der Waals surface area contributed by atoms with E-state index in [0.717, 1.165) is 33.8 Å². The minimum atomic E-state index is -0.406. The summed E-state index contributed by atoms with van der Waals surface area (Å²) in [4.78, 5) is 22.7. The van der Waals surface area contributed by atoms with Gasteiger partial charge in [0.15, 0.2) is 5.84 Å². The van der Waals surface area contributed by atoms with Crippen molar-refractivity contribution in [3.63, 3.8) is 0 Å². The maximum absolute atomic E-state index is 11.8. The first-order valence-electron chi connectivity index (χ1n) is 8.91. The Balaban J connectivity index is 1.75. The Hall–Kier alpha value is -3.73. The van der Waals surface area contributed by atoms with Gasteiger partial charge in [-0.3, -0.25) is 4.79 Å². The minimum Gasteiger partial charge on any atom is -0.497 e. The van der Waals surface area contributed by atoms with Crippen LogP contribution in [-0.2, 0) is 11.3 Å². The summed E-state index contributed by atoms with van der Waals surface area (Å²) in [5.74, 6) is 1.56. The van der Waals surface area contributed by atoms with E-state index in [1.54, 1.807) is 7.11 Å². The van der Waals surface area contributed by atoms with E-state index in [1.165, 1.54) is 6.08 Å². The van der Waals surface area contributed by atoms with Crippen molar-refractivity contribution in [2.24, 2.45) is 9.98 Å². The van der Waals surface area contributed by atoms with E-state index < -0.39 is 5.91 Å². The zero-order valence-corrected chi connectivity index (χ0v) is 15.5. The van der Waals surface area contributed by atoms with Crippen LogP contribution in [0.1, 0.15) is 16.7 Å². The SMILES string of the molecule is C=CC(=O)N=C1N=C2C=CC(c3ccc(OC)cc3)=CN2Cc2ccccc21. The van der Waals surface area contributed by atoms with Crippen LogP contribution in [0.25, 0.3) is 5.57 Å². The second-order valence-electron chi connectivity index (χ2n) is 6.38. The van der Waals surface area contributed by atoms with Crippen LogP contribution in [0.4, 0.5) is 0 Å². The highest BCUT2D eigenvalue weighted by atomic mass is 16.5. The maximum Gasteiger partial charge on any atom is 0.271 e. The molecule has 2 heterocycles. The summed E-state index contributed by atoms with van der Waals surface area (Å²) in [5.41, 5.74) is 4.07. The number of methoxy groups -OCH3 is 1.